The first-order valence-electron chi connectivity index (χ1n) is 5.68. The van der Waals surface area contributed by atoms with Crippen LogP contribution < -0.4 is 5.73 Å². The average molecular weight is 257 g/mol. The topological polar surface area (TPSA) is 60.2 Å². The normalized spacial score (nSPS) is 25.4. The summed E-state index contributed by atoms with van der Waals surface area (Å²) in [7, 11) is -3.08. The Morgan fingerprint density at radius 1 is 1.35 bits per heavy atom. The van der Waals surface area contributed by atoms with Gasteiger partial charge in [-0.3, -0.25) is 0 Å². The van der Waals surface area contributed by atoms with Crippen LogP contribution >= 0.6 is 0 Å². The highest BCUT2D eigenvalue weighted by Crippen LogP contribution is 2.36. The molecule has 1 fully saturated rings. The highest BCUT2D eigenvalue weighted by Gasteiger charge is 2.32. The van der Waals surface area contributed by atoms with E-state index in [0.29, 0.717) is 24.1 Å². The van der Waals surface area contributed by atoms with Crippen LogP contribution in [0.5, 0.6) is 0 Å². The lowest BCUT2D eigenvalue weighted by molar-refractivity contribution is 0.233. The van der Waals surface area contributed by atoms with Gasteiger partial charge in [0.2, 0.25) is 0 Å². The summed E-state index contributed by atoms with van der Waals surface area (Å²) in [5, 5.41) is 0. The summed E-state index contributed by atoms with van der Waals surface area (Å²) in [5.41, 5.74) is 6.51. The van der Waals surface area contributed by atoms with Crippen molar-refractivity contribution in [2.45, 2.75) is 19.0 Å². The van der Waals surface area contributed by atoms with Gasteiger partial charge >= 0.3 is 0 Å². The second kappa shape index (κ2) is 4.64. The molecule has 1 saturated heterocycles. The van der Waals surface area contributed by atoms with Gasteiger partial charge in [-0.2, -0.15) is 0 Å². The van der Waals surface area contributed by atoms with E-state index >= 15 is 0 Å². The molecule has 1 aromatic carbocycles. The summed E-state index contributed by atoms with van der Waals surface area (Å²) in [6, 6.07) is 6.72. The number of benzene rings is 1. The van der Waals surface area contributed by atoms with Crippen LogP contribution in [0.1, 0.15) is 24.6 Å². The molecule has 2 unspecified atom stereocenters. The Kier molecular flexibility index (Phi) is 3.38. The number of nitrogens with two attached hydrogens (primary N) is 1. The Morgan fingerprint density at radius 2 is 2.06 bits per heavy atom. The zero-order valence-electron chi connectivity index (χ0n) is 9.47. The average Bonchev–Trinajstić information content (AvgIpc) is 2.27. The van der Waals surface area contributed by atoms with Crippen LogP contribution in [0, 0.1) is 5.92 Å². The van der Waals surface area contributed by atoms with Crippen LogP contribution in [-0.2, 0) is 9.84 Å². The first-order valence-corrected chi connectivity index (χ1v) is 7.50. The van der Waals surface area contributed by atoms with Crippen molar-refractivity contribution in [1.82, 2.24) is 0 Å². The van der Waals surface area contributed by atoms with Gasteiger partial charge in [0.25, 0.3) is 0 Å². The molecular formula is C12H16FNO2S. The number of halogens is 1. The van der Waals surface area contributed by atoms with E-state index in [4.69, 9.17) is 5.73 Å². The smallest absolute Gasteiger partial charge is 0.150 e. The lowest BCUT2D eigenvalue weighted by atomic mass is 9.93. The van der Waals surface area contributed by atoms with E-state index in [0.717, 1.165) is 0 Å². The summed E-state index contributed by atoms with van der Waals surface area (Å²) >= 11 is 0. The summed E-state index contributed by atoms with van der Waals surface area (Å²) < 4.78 is 37.2. The fraction of sp³-hybridized carbons (Fsp3) is 0.500. The van der Waals surface area contributed by atoms with Crippen molar-refractivity contribution in [3.8, 4) is 0 Å². The predicted octanol–water partition coefficient (Wildman–Crippen LogP) is 2.10. The van der Waals surface area contributed by atoms with Gasteiger partial charge in [0.15, 0.2) is 9.84 Å². The van der Waals surface area contributed by atoms with Crippen molar-refractivity contribution < 1.29 is 12.8 Å². The summed E-state index contributed by atoms with van der Waals surface area (Å²) in [6.07, 6.45) is -0.138. The number of hydrogen-bond donors (Lipinski definition) is 1. The van der Waals surface area contributed by atoms with E-state index in [1.54, 1.807) is 24.3 Å². The fourth-order valence-corrected chi connectivity index (χ4v) is 4.07. The number of sulfone groups is 1. The Balaban J connectivity index is 2.21. The molecule has 0 bridgehead atoms. The standard InChI is InChI=1S/C12H16FNO2S/c13-12(10-5-1-2-6-11(10)14)9-4-3-7-17(15,16)8-9/h1-2,5-6,9,12H,3-4,7-8,14H2. The van der Waals surface area contributed by atoms with E-state index < -0.39 is 21.9 Å². The third kappa shape index (κ3) is 2.77. The van der Waals surface area contributed by atoms with Gasteiger partial charge in [-0.05, 0) is 18.9 Å². The monoisotopic (exact) mass is 257 g/mol. The van der Waals surface area contributed by atoms with Crippen molar-refractivity contribution in [2.75, 3.05) is 17.2 Å². The van der Waals surface area contributed by atoms with E-state index in [9.17, 15) is 12.8 Å². The molecule has 1 aromatic rings. The highest BCUT2D eigenvalue weighted by atomic mass is 32.2. The van der Waals surface area contributed by atoms with Gasteiger partial charge in [-0.15, -0.1) is 0 Å². The molecule has 94 valence electrons. The lowest BCUT2D eigenvalue weighted by Gasteiger charge is -2.25. The quantitative estimate of drug-likeness (QED) is 0.825. The van der Waals surface area contributed by atoms with E-state index in [1.165, 1.54) is 0 Å². The molecule has 2 N–H and O–H groups in total. The third-order valence-corrected chi connectivity index (χ3v) is 5.05. The summed E-state index contributed by atoms with van der Waals surface area (Å²) in [5.74, 6) is -0.346. The van der Waals surface area contributed by atoms with Crippen molar-refractivity contribution >= 4 is 15.5 Å². The molecule has 1 aliphatic rings. The largest absolute Gasteiger partial charge is 0.398 e. The first-order chi connectivity index (χ1) is 7.99. The van der Waals surface area contributed by atoms with Crippen LogP contribution in [0.2, 0.25) is 0 Å². The molecule has 0 saturated carbocycles. The first kappa shape index (κ1) is 12.4. The molecule has 0 amide bonds. The van der Waals surface area contributed by atoms with Gasteiger partial charge in [-0.25, -0.2) is 12.8 Å². The Bertz CT molecular complexity index is 501. The van der Waals surface area contributed by atoms with E-state index in [2.05, 4.69) is 0 Å². The molecule has 1 heterocycles. The van der Waals surface area contributed by atoms with Crippen LogP contribution in [0.4, 0.5) is 10.1 Å². The fourth-order valence-electron chi connectivity index (χ4n) is 2.31. The maximum Gasteiger partial charge on any atom is 0.150 e. The minimum absolute atomic E-state index is 0.0670. The minimum Gasteiger partial charge on any atom is -0.398 e. The van der Waals surface area contributed by atoms with Gasteiger partial charge < -0.3 is 5.73 Å². The molecule has 2 rings (SSSR count). The van der Waals surface area contributed by atoms with Crippen molar-refractivity contribution in [3.63, 3.8) is 0 Å². The highest BCUT2D eigenvalue weighted by molar-refractivity contribution is 7.91. The molecular weight excluding hydrogens is 241 g/mol. The number of rotatable bonds is 2. The third-order valence-electron chi connectivity index (χ3n) is 3.21. The van der Waals surface area contributed by atoms with Crippen LogP contribution in [0.15, 0.2) is 24.3 Å². The molecule has 0 aliphatic carbocycles. The Morgan fingerprint density at radius 3 is 2.71 bits per heavy atom. The second-order valence-corrected chi connectivity index (χ2v) is 6.78. The SMILES string of the molecule is Nc1ccccc1C(F)C1CCCS(=O)(=O)C1. The minimum atomic E-state index is -3.08. The predicted molar refractivity (Wildman–Crippen MR) is 66.1 cm³/mol. The zero-order chi connectivity index (χ0) is 12.5. The summed E-state index contributed by atoms with van der Waals surface area (Å²) in [4.78, 5) is 0. The van der Waals surface area contributed by atoms with Crippen LogP contribution in [-0.4, -0.2) is 19.9 Å². The van der Waals surface area contributed by atoms with Crippen molar-refractivity contribution in [2.24, 2.45) is 5.92 Å². The second-order valence-electron chi connectivity index (χ2n) is 4.55. The molecule has 0 spiro atoms. The number of nitrogen functional groups attached to an aromatic ring is 1. The molecule has 3 nitrogen and oxygen atoms in total. The number of hydrogen-bond acceptors (Lipinski definition) is 3. The van der Waals surface area contributed by atoms with E-state index in [-0.39, 0.29) is 11.5 Å². The van der Waals surface area contributed by atoms with Gasteiger partial charge in [0.05, 0.1) is 11.5 Å². The number of alkyl halides is 1. The van der Waals surface area contributed by atoms with Gasteiger partial charge in [0, 0.05) is 17.2 Å². The maximum absolute atomic E-state index is 14.3. The number of para-hydroxylation sites is 1. The zero-order valence-corrected chi connectivity index (χ0v) is 10.3. The lowest BCUT2D eigenvalue weighted by Crippen LogP contribution is -2.28. The molecule has 0 aromatic heterocycles. The number of anilines is 1. The van der Waals surface area contributed by atoms with Crippen LogP contribution in [0.3, 0.4) is 0 Å². The van der Waals surface area contributed by atoms with E-state index in [1.807, 2.05) is 0 Å². The van der Waals surface area contributed by atoms with Crippen molar-refractivity contribution in [3.05, 3.63) is 29.8 Å². The van der Waals surface area contributed by atoms with Crippen molar-refractivity contribution in [1.29, 1.82) is 0 Å². The molecule has 2 atom stereocenters. The maximum atomic E-state index is 14.3. The molecule has 17 heavy (non-hydrogen) atoms. The van der Waals surface area contributed by atoms with Crippen LogP contribution in [0.25, 0.3) is 0 Å². The van der Waals surface area contributed by atoms with Gasteiger partial charge in [0.1, 0.15) is 6.17 Å². The Labute approximate surface area is 101 Å². The molecule has 1 aliphatic heterocycles. The van der Waals surface area contributed by atoms with Gasteiger partial charge in [-0.1, -0.05) is 18.2 Å². The molecule has 0 radical (unpaired) electrons. The molecule has 5 heteroatoms. The Hall–Kier alpha value is -1.10. The summed E-state index contributed by atoms with van der Waals surface area (Å²) in [6.45, 7) is 0.